The molecule has 3 atom stereocenters. The Labute approximate surface area is 219 Å². The van der Waals surface area contributed by atoms with Crippen molar-refractivity contribution in [3.05, 3.63) is 82.9 Å². The van der Waals surface area contributed by atoms with E-state index in [9.17, 15) is 19.0 Å². The van der Waals surface area contributed by atoms with Crippen molar-refractivity contribution in [2.75, 3.05) is 6.61 Å². The fraction of sp³-hybridized carbons (Fsp3) is 0.379. The standard InChI is InChI=1S/C29H29F2N5O2/c1-16-19(14-36(35-16)13-17(38)15-37)23-8-5-9-25(32-23)29-11-10-20(28(29,2)3)18-12-24(33-34-27(18)29)26-21(30)6-4-7-22(26)31/h4-9,12,14,17,20,37-38H,10-11,13,15H2,1-3H3/t17-,20+,29+/m1/s1. The van der Waals surface area contributed by atoms with Crippen molar-refractivity contribution in [1.82, 2.24) is 25.0 Å². The van der Waals surface area contributed by atoms with Crippen molar-refractivity contribution < 1.29 is 19.0 Å². The molecule has 2 aliphatic rings. The van der Waals surface area contributed by atoms with Crippen molar-refractivity contribution in [2.24, 2.45) is 5.41 Å². The molecule has 2 bridgehead atoms. The van der Waals surface area contributed by atoms with Crippen LogP contribution < -0.4 is 0 Å². The van der Waals surface area contributed by atoms with Crippen molar-refractivity contribution in [3.63, 3.8) is 0 Å². The molecule has 3 heterocycles. The Hall–Kier alpha value is -3.56. The van der Waals surface area contributed by atoms with E-state index < -0.39 is 23.2 Å². The molecule has 0 saturated heterocycles. The number of pyridine rings is 1. The molecule has 38 heavy (non-hydrogen) atoms. The summed E-state index contributed by atoms with van der Waals surface area (Å²) in [7, 11) is 0. The first kappa shape index (κ1) is 24.8. The molecule has 1 fully saturated rings. The molecule has 196 valence electrons. The van der Waals surface area contributed by atoms with Gasteiger partial charge in [0.25, 0.3) is 0 Å². The summed E-state index contributed by atoms with van der Waals surface area (Å²) in [6.45, 7) is 6.16. The summed E-state index contributed by atoms with van der Waals surface area (Å²) in [6, 6.07) is 11.5. The van der Waals surface area contributed by atoms with E-state index in [1.54, 1.807) is 4.68 Å². The van der Waals surface area contributed by atoms with Crippen molar-refractivity contribution in [3.8, 4) is 22.5 Å². The lowest BCUT2D eigenvalue weighted by atomic mass is 9.66. The Kier molecular flexibility index (Phi) is 5.70. The first-order chi connectivity index (χ1) is 18.2. The van der Waals surface area contributed by atoms with Crippen LogP contribution in [0.5, 0.6) is 0 Å². The molecule has 3 aromatic heterocycles. The summed E-state index contributed by atoms with van der Waals surface area (Å²) >= 11 is 0. The molecule has 4 aromatic rings. The van der Waals surface area contributed by atoms with Gasteiger partial charge in [-0.05, 0) is 67.0 Å². The molecule has 1 aromatic carbocycles. The van der Waals surface area contributed by atoms with E-state index in [0.29, 0.717) is 0 Å². The summed E-state index contributed by atoms with van der Waals surface area (Å²) in [5, 5.41) is 32.4. The molecular formula is C29H29F2N5O2. The van der Waals surface area contributed by atoms with E-state index in [2.05, 4.69) is 29.1 Å². The summed E-state index contributed by atoms with van der Waals surface area (Å²) in [4.78, 5) is 5.12. The predicted molar refractivity (Wildman–Crippen MR) is 137 cm³/mol. The molecule has 0 amide bonds. The Morgan fingerprint density at radius 1 is 1.08 bits per heavy atom. The second kappa shape index (κ2) is 8.74. The van der Waals surface area contributed by atoms with E-state index in [0.717, 1.165) is 46.7 Å². The van der Waals surface area contributed by atoms with E-state index >= 15 is 0 Å². The molecule has 0 aliphatic heterocycles. The average Bonchev–Trinajstić information content (AvgIpc) is 3.46. The predicted octanol–water partition coefficient (Wildman–Crippen LogP) is 4.55. The van der Waals surface area contributed by atoms with Gasteiger partial charge in [-0.2, -0.15) is 10.2 Å². The number of nitrogens with zero attached hydrogens (tertiary/aromatic N) is 5. The van der Waals surface area contributed by atoms with E-state index in [1.165, 1.54) is 18.2 Å². The Balaban J connectivity index is 1.45. The van der Waals surface area contributed by atoms with Gasteiger partial charge in [-0.15, -0.1) is 5.10 Å². The Morgan fingerprint density at radius 2 is 1.82 bits per heavy atom. The van der Waals surface area contributed by atoms with Crippen molar-refractivity contribution in [1.29, 1.82) is 0 Å². The van der Waals surface area contributed by atoms with Gasteiger partial charge in [-0.3, -0.25) is 9.67 Å². The molecular weight excluding hydrogens is 488 g/mol. The molecule has 7 nitrogen and oxygen atoms in total. The van der Waals surface area contributed by atoms with Gasteiger partial charge in [-0.1, -0.05) is 26.0 Å². The van der Waals surface area contributed by atoms with E-state index in [-0.39, 0.29) is 35.7 Å². The minimum absolute atomic E-state index is 0.150. The van der Waals surface area contributed by atoms with Crippen LogP contribution in [0.2, 0.25) is 0 Å². The highest BCUT2D eigenvalue weighted by Crippen LogP contribution is 2.69. The highest BCUT2D eigenvalue weighted by Gasteiger charge is 2.65. The average molecular weight is 518 g/mol. The number of aromatic nitrogens is 5. The van der Waals surface area contributed by atoms with Gasteiger partial charge < -0.3 is 10.2 Å². The van der Waals surface area contributed by atoms with Gasteiger partial charge in [0.15, 0.2) is 0 Å². The third-order valence-corrected chi connectivity index (χ3v) is 8.62. The number of benzene rings is 1. The smallest absolute Gasteiger partial charge is 0.135 e. The molecule has 2 aliphatic carbocycles. The summed E-state index contributed by atoms with van der Waals surface area (Å²) in [6.07, 6.45) is 2.69. The second-order valence-electron chi connectivity index (χ2n) is 10.9. The molecule has 1 saturated carbocycles. The summed E-state index contributed by atoms with van der Waals surface area (Å²) in [5.74, 6) is -1.17. The summed E-state index contributed by atoms with van der Waals surface area (Å²) in [5.41, 5.74) is 4.34. The van der Waals surface area contributed by atoms with Crippen molar-refractivity contribution >= 4 is 0 Å². The lowest BCUT2D eigenvalue weighted by Gasteiger charge is -2.37. The fourth-order valence-corrected chi connectivity index (χ4v) is 6.72. The van der Waals surface area contributed by atoms with Crippen LogP contribution in [0.1, 0.15) is 55.3 Å². The van der Waals surface area contributed by atoms with Crippen LogP contribution in [0.3, 0.4) is 0 Å². The minimum Gasteiger partial charge on any atom is -0.394 e. The topological polar surface area (TPSA) is 97.0 Å². The minimum atomic E-state index is -0.896. The van der Waals surface area contributed by atoms with Crippen LogP contribution in [0, 0.1) is 24.0 Å². The van der Waals surface area contributed by atoms with Crippen LogP contribution in [0.25, 0.3) is 22.5 Å². The number of halogens is 2. The lowest BCUT2D eigenvalue weighted by Crippen LogP contribution is -2.37. The van der Waals surface area contributed by atoms with Gasteiger partial charge in [0.2, 0.25) is 0 Å². The molecule has 0 unspecified atom stereocenters. The fourth-order valence-electron chi connectivity index (χ4n) is 6.72. The van der Waals surface area contributed by atoms with Crippen LogP contribution in [0.15, 0.2) is 48.7 Å². The zero-order valence-corrected chi connectivity index (χ0v) is 21.5. The van der Waals surface area contributed by atoms with Crippen LogP contribution in [-0.2, 0) is 12.0 Å². The Morgan fingerprint density at radius 3 is 2.55 bits per heavy atom. The maximum absolute atomic E-state index is 14.5. The molecule has 2 N–H and O–H groups in total. The largest absolute Gasteiger partial charge is 0.394 e. The number of aliphatic hydroxyl groups is 2. The van der Waals surface area contributed by atoms with Gasteiger partial charge >= 0.3 is 0 Å². The van der Waals surface area contributed by atoms with E-state index in [1.807, 2.05) is 37.4 Å². The summed E-state index contributed by atoms with van der Waals surface area (Å²) < 4.78 is 30.7. The number of aryl methyl sites for hydroxylation is 1. The number of aliphatic hydroxyl groups excluding tert-OH is 2. The monoisotopic (exact) mass is 517 g/mol. The number of hydrogen-bond donors (Lipinski definition) is 2. The molecule has 9 heteroatoms. The zero-order chi connectivity index (χ0) is 26.8. The van der Waals surface area contributed by atoms with Gasteiger partial charge in [0.05, 0.1) is 58.7 Å². The lowest BCUT2D eigenvalue weighted by molar-refractivity contribution is 0.0782. The maximum atomic E-state index is 14.5. The number of fused-ring (bicyclic) bond motifs is 5. The maximum Gasteiger partial charge on any atom is 0.135 e. The zero-order valence-electron chi connectivity index (χ0n) is 21.5. The first-order valence-corrected chi connectivity index (χ1v) is 12.8. The van der Waals surface area contributed by atoms with Crippen LogP contribution in [-0.4, -0.2) is 47.9 Å². The van der Waals surface area contributed by atoms with Crippen molar-refractivity contribution in [2.45, 2.75) is 57.6 Å². The quantitative estimate of drug-likeness (QED) is 0.390. The first-order valence-electron chi connectivity index (χ1n) is 12.8. The highest BCUT2D eigenvalue weighted by atomic mass is 19.1. The van der Waals surface area contributed by atoms with Crippen LogP contribution >= 0.6 is 0 Å². The highest BCUT2D eigenvalue weighted by molar-refractivity contribution is 5.65. The van der Waals surface area contributed by atoms with Gasteiger partial charge in [-0.25, -0.2) is 8.78 Å². The number of rotatable bonds is 6. The second-order valence-corrected chi connectivity index (χ2v) is 10.9. The number of hydrogen-bond acceptors (Lipinski definition) is 6. The third-order valence-electron chi connectivity index (χ3n) is 8.62. The molecule has 0 radical (unpaired) electrons. The normalized spacial score (nSPS) is 22.0. The molecule has 0 spiro atoms. The third kappa shape index (κ3) is 3.45. The van der Waals surface area contributed by atoms with Gasteiger partial charge in [0, 0.05) is 11.8 Å². The Bertz CT molecular complexity index is 1530. The van der Waals surface area contributed by atoms with Crippen LogP contribution in [0.4, 0.5) is 8.78 Å². The molecule has 6 rings (SSSR count). The van der Waals surface area contributed by atoms with E-state index in [4.69, 9.17) is 4.98 Å². The van der Waals surface area contributed by atoms with Gasteiger partial charge in [0.1, 0.15) is 11.6 Å². The SMILES string of the molecule is Cc1nn(C[C@@H](O)CO)cc1-c1cccc([C@@]23CC[C@@H](c4cc(-c5c(F)cccc5F)nnc42)C3(C)C)n1.